The Kier molecular flexibility index (Phi) is 5.45. The second-order valence-electron chi connectivity index (χ2n) is 7.71. The fourth-order valence-corrected chi connectivity index (χ4v) is 3.84. The minimum Gasteiger partial charge on any atom is -0.353 e. The summed E-state index contributed by atoms with van der Waals surface area (Å²) in [7, 11) is 0. The molecule has 1 saturated heterocycles. The first-order valence-corrected chi connectivity index (χ1v) is 9.96. The first-order chi connectivity index (χ1) is 14.1. The lowest BCUT2D eigenvalue weighted by molar-refractivity contribution is 0.0392. The fourth-order valence-electron chi connectivity index (χ4n) is 3.84. The normalized spacial score (nSPS) is 22.6. The van der Waals surface area contributed by atoms with E-state index in [9.17, 15) is 9.18 Å². The smallest absolute Gasteiger partial charge is 0.254 e. The number of halogens is 1. The first kappa shape index (κ1) is 19.3. The number of pyridine rings is 1. The molecule has 1 fully saturated rings. The van der Waals surface area contributed by atoms with Crippen molar-refractivity contribution in [1.82, 2.24) is 20.5 Å². The molecule has 5 nitrogen and oxygen atoms in total. The van der Waals surface area contributed by atoms with Crippen molar-refractivity contribution >= 4 is 11.5 Å². The zero-order valence-corrected chi connectivity index (χ0v) is 16.4. The summed E-state index contributed by atoms with van der Waals surface area (Å²) in [6.45, 7) is 3.99. The van der Waals surface area contributed by atoms with Crippen molar-refractivity contribution in [3.05, 3.63) is 84.1 Å². The minimum absolute atomic E-state index is 0.253. The lowest BCUT2D eigenvalue weighted by Crippen LogP contribution is -2.68. The van der Waals surface area contributed by atoms with E-state index in [4.69, 9.17) is 0 Å². The molecule has 2 aliphatic heterocycles. The van der Waals surface area contributed by atoms with Crippen LogP contribution in [0, 0.1) is 11.7 Å². The summed E-state index contributed by atoms with van der Waals surface area (Å²) < 4.78 is 13.3. The van der Waals surface area contributed by atoms with Crippen molar-refractivity contribution in [3.8, 4) is 0 Å². The Morgan fingerprint density at radius 3 is 2.55 bits per heavy atom. The van der Waals surface area contributed by atoms with Gasteiger partial charge in [-0.05, 0) is 78.4 Å². The van der Waals surface area contributed by atoms with E-state index in [2.05, 4.69) is 33.5 Å². The van der Waals surface area contributed by atoms with Crippen LogP contribution in [0.15, 0.2) is 67.1 Å². The van der Waals surface area contributed by atoms with Gasteiger partial charge in [-0.3, -0.25) is 14.7 Å². The van der Waals surface area contributed by atoms with Crippen molar-refractivity contribution in [2.45, 2.75) is 25.6 Å². The summed E-state index contributed by atoms with van der Waals surface area (Å²) in [6, 6.07) is 9.51. The number of likely N-dealkylation sites (tertiary alicyclic amines) is 1. The predicted octanol–water partition coefficient (Wildman–Crippen LogP) is 3.54. The van der Waals surface area contributed by atoms with Crippen molar-refractivity contribution in [2.75, 3.05) is 13.1 Å². The van der Waals surface area contributed by atoms with E-state index in [1.807, 2.05) is 24.4 Å². The third-order valence-corrected chi connectivity index (χ3v) is 5.64. The minimum atomic E-state index is -0.848. The Hall–Kier alpha value is -2.99. The summed E-state index contributed by atoms with van der Waals surface area (Å²) in [5.41, 5.74) is 2.46. The largest absolute Gasteiger partial charge is 0.353 e. The zero-order valence-electron chi connectivity index (χ0n) is 16.4. The van der Waals surface area contributed by atoms with Crippen LogP contribution >= 0.6 is 0 Å². The molecule has 0 spiro atoms. The number of benzene rings is 1. The number of aromatic nitrogens is 1. The van der Waals surface area contributed by atoms with Crippen LogP contribution in [-0.2, 0) is 0 Å². The van der Waals surface area contributed by atoms with Crippen LogP contribution in [0.2, 0.25) is 0 Å². The van der Waals surface area contributed by atoms with Crippen molar-refractivity contribution in [1.29, 1.82) is 0 Å². The highest BCUT2D eigenvalue weighted by atomic mass is 19.1. The van der Waals surface area contributed by atoms with E-state index in [0.29, 0.717) is 11.5 Å². The van der Waals surface area contributed by atoms with Crippen LogP contribution < -0.4 is 10.6 Å². The summed E-state index contributed by atoms with van der Waals surface area (Å²) >= 11 is 0. The van der Waals surface area contributed by atoms with Gasteiger partial charge >= 0.3 is 0 Å². The number of nitrogens with one attached hydrogen (secondary N) is 2. The standard InChI is InChI=1S/C23H25FN4O/c1-17-9-14-28(15-10-17)23(27-22(29)19-2-4-21(24)5-3-19)16-20(8-13-26-23)18-6-11-25-12-7-18/h2-8,11-13,16-17,26H,9-10,14-15H2,1H3,(H,27,29). The molecule has 1 aromatic carbocycles. The monoisotopic (exact) mass is 392 g/mol. The molecule has 4 rings (SSSR count). The molecule has 1 aromatic heterocycles. The second kappa shape index (κ2) is 8.17. The molecule has 2 N–H and O–H groups in total. The topological polar surface area (TPSA) is 57.3 Å². The SMILES string of the molecule is CC1CCN(C2(NC(=O)c3ccc(F)cc3)C=C(c3ccncc3)C=CN2)CC1. The molecule has 29 heavy (non-hydrogen) atoms. The quantitative estimate of drug-likeness (QED) is 0.836. The van der Waals surface area contributed by atoms with E-state index in [-0.39, 0.29) is 11.7 Å². The molecule has 1 unspecified atom stereocenters. The number of carbonyl (C=O) groups excluding carboxylic acids is 1. The number of amides is 1. The Morgan fingerprint density at radius 1 is 1.17 bits per heavy atom. The molecule has 3 heterocycles. The molecular formula is C23H25FN4O. The molecule has 2 aliphatic rings. The van der Waals surface area contributed by atoms with Gasteiger partial charge in [-0.1, -0.05) is 6.92 Å². The Labute approximate surface area is 170 Å². The van der Waals surface area contributed by atoms with Gasteiger partial charge in [-0.15, -0.1) is 0 Å². The molecule has 0 aliphatic carbocycles. The molecule has 0 radical (unpaired) electrons. The van der Waals surface area contributed by atoms with E-state index in [1.165, 1.54) is 24.3 Å². The van der Waals surface area contributed by atoms with Crippen LogP contribution in [-0.4, -0.2) is 34.7 Å². The van der Waals surface area contributed by atoms with Gasteiger partial charge in [0.1, 0.15) is 5.82 Å². The molecule has 2 aromatic rings. The van der Waals surface area contributed by atoms with Crippen molar-refractivity contribution in [3.63, 3.8) is 0 Å². The summed E-state index contributed by atoms with van der Waals surface area (Å²) in [5.74, 6) is -0.797. The Bertz CT molecular complexity index is 918. The molecule has 1 amide bonds. The number of piperidine rings is 1. The van der Waals surface area contributed by atoms with Gasteiger partial charge in [0.05, 0.1) is 0 Å². The van der Waals surface area contributed by atoms with Gasteiger partial charge in [-0.25, -0.2) is 4.39 Å². The van der Waals surface area contributed by atoms with Crippen LogP contribution in [0.5, 0.6) is 0 Å². The molecule has 1 atom stereocenters. The van der Waals surface area contributed by atoms with E-state index >= 15 is 0 Å². The third-order valence-electron chi connectivity index (χ3n) is 5.64. The highest BCUT2D eigenvalue weighted by Gasteiger charge is 2.39. The number of hydrogen-bond acceptors (Lipinski definition) is 4. The Morgan fingerprint density at radius 2 is 1.86 bits per heavy atom. The molecular weight excluding hydrogens is 367 g/mol. The maximum absolute atomic E-state index is 13.3. The molecule has 0 bridgehead atoms. The summed E-state index contributed by atoms with van der Waals surface area (Å²) in [6.07, 6.45) is 11.6. The van der Waals surface area contributed by atoms with Crippen LogP contribution in [0.3, 0.4) is 0 Å². The number of hydrogen-bond donors (Lipinski definition) is 2. The van der Waals surface area contributed by atoms with Crippen molar-refractivity contribution in [2.24, 2.45) is 5.92 Å². The third kappa shape index (κ3) is 4.22. The van der Waals surface area contributed by atoms with E-state index in [1.54, 1.807) is 12.4 Å². The first-order valence-electron chi connectivity index (χ1n) is 9.96. The highest BCUT2D eigenvalue weighted by Crippen LogP contribution is 2.28. The average Bonchev–Trinajstić information content (AvgIpc) is 2.75. The van der Waals surface area contributed by atoms with Crippen LogP contribution in [0.4, 0.5) is 4.39 Å². The fraction of sp³-hybridized carbons (Fsp3) is 0.304. The maximum atomic E-state index is 13.3. The summed E-state index contributed by atoms with van der Waals surface area (Å²) in [5, 5.41) is 6.54. The number of nitrogens with zero attached hydrogens (tertiary/aromatic N) is 2. The second-order valence-corrected chi connectivity index (χ2v) is 7.71. The summed E-state index contributed by atoms with van der Waals surface area (Å²) in [4.78, 5) is 19.4. The van der Waals surface area contributed by atoms with E-state index < -0.39 is 5.79 Å². The number of rotatable bonds is 4. The van der Waals surface area contributed by atoms with E-state index in [0.717, 1.165) is 37.1 Å². The Balaban J connectivity index is 1.68. The number of carbonyl (C=O) groups is 1. The predicted molar refractivity (Wildman–Crippen MR) is 111 cm³/mol. The average molecular weight is 392 g/mol. The van der Waals surface area contributed by atoms with Crippen LogP contribution in [0.25, 0.3) is 5.57 Å². The van der Waals surface area contributed by atoms with Gasteiger partial charge in [0.25, 0.3) is 5.91 Å². The zero-order chi connectivity index (χ0) is 20.3. The number of dihydropyridines is 1. The maximum Gasteiger partial charge on any atom is 0.254 e. The lowest BCUT2D eigenvalue weighted by Gasteiger charge is -2.46. The lowest BCUT2D eigenvalue weighted by atomic mass is 9.95. The molecule has 150 valence electrons. The van der Waals surface area contributed by atoms with Gasteiger partial charge in [0.15, 0.2) is 5.79 Å². The molecule has 0 saturated carbocycles. The van der Waals surface area contributed by atoms with Gasteiger partial charge in [0, 0.05) is 37.2 Å². The molecule has 6 heteroatoms. The van der Waals surface area contributed by atoms with Gasteiger partial charge in [-0.2, -0.15) is 0 Å². The van der Waals surface area contributed by atoms with Crippen molar-refractivity contribution < 1.29 is 9.18 Å². The highest BCUT2D eigenvalue weighted by molar-refractivity contribution is 5.95. The van der Waals surface area contributed by atoms with Gasteiger partial charge < -0.3 is 10.6 Å². The number of allylic oxidation sites excluding steroid dienone is 2. The van der Waals surface area contributed by atoms with Gasteiger partial charge in [0.2, 0.25) is 0 Å². The van der Waals surface area contributed by atoms with Crippen LogP contribution in [0.1, 0.15) is 35.7 Å².